The van der Waals surface area contributed by atoms with E-state index < -0.39 is 0 Å². The second kappa shape index (κ2) is 3.19. The number of hydrogen-bond donors (Lipinski definition) is 0. The third kappa shape index (κ3) is 3.34. The van der Waals surface area contributed by atoms with E-state index >= 15 is 0 Å². The first kappa shape index (κ1) is 7.15. The van der Waals surface area contributed by atoms with Gasteiger partial charge in [0.25, 0.3) is 0 Å². The Morgan fingerprint density at radius 1 is 1.62 bits per heavy atom. The van der Waals surface area contributed by atoms with Gasteiger partial charge in [-0.2, -0.15) is 0 Å². The molecule has 0 aliphatic heterocycles. The molecule has 0 aromatic heterocycles. The average molecular weight is 110 g/mol. The van der Waals surface area contributed by atoms with Crippen molar-refractivity contribution < 1.29 is 4.79 Å². The zero-order chi connectivity index (χ0) is 6.57. The lowest BCUT2D eigenvalue weighted by Gasteiger charge is -1.92. The molecule has 0 amide bonds. The lowest BCUT2D eigenvalue weighted by atomic mass is 10.1. The predicted molar refractivity (Wildman–Crippen MR) is 34.6 cm³/mol. The van der Waals surface area contributed by atoms with Crippen molar-refractivity contribution in [3.8, 4) is 0 Å². The van der Waals surface area contributed by atoms with Crippen LogP contribution in [-0.4, -0.2) is 6.29 Å². The highest BCUT2D eigenvalue weighted by molar-refractivity contribution is 5.72. The van der Waals surface area contributed by atoms with E-state index in [4.69, 9.17) is 0 Å². The van der Waals surface area contributed by atoms with Crippen LogP contribution in [0.25, 0.3) is 0 Å². The topological polar surface area (TPSA) is 17.1 Å². The summed E-state index contributed by atoms with van der Waals surface area (Å²) >= 11 is 0. The Labute approximate surface area is 49.7 Å². The van der Waals surface area contributed by atoms with E-state index in [0.717, 1.165) is 11.9 Å². The summed E-state index contributed by atoms with van der Waals surface area (Å²) in [5, 5.41) is 0. The maximum atomic E-state index is 9.90. The molecule has 0 saturated carbocycles. The van der Waals surface area contributed by atoms with Crippen LogP contribution >= 0.6 is 0 Å². The van der Waals surface area contributed by atoms with Gasteiger partial charge < -0.3 is 0 Å². The van der Waals surface area contributed by atoms with Crippen molar-refractivity contribution >= 4 is 6.29 Å². The smallest absolute Gasteiger partial charge is 0.145 e. The van der Waals surface area contributed by atoms with E-state index in [-0.39, 0.29) is 0 Å². The average Bonchev–Trinajstić information content (AvgIpc) is 1.65. The molecule has 0 radical (unpaired) electrons. The summed E-state index contributed by atoms with van der Waals surface area (Å²) in [6, 6.07) is 0. The Balaban J connectivity index is 3.55. The van der Waals surface area contributed by atoms with Crippen LogP contribution in [-0.2, 0) is 4.79 Å². The van der Waals surface area contributed by atoms with E-state index in [9.17, 15) is 4.79 Å². The molecule has 1 nitrogen and oxygen atoms in total. The molecule has 0 N–H and O–H groups in total. The summed E-state index contributed by atoms with van der Waals surface area (Å²) in [4.78, 5) is 9.90. The van der Waals surface area contributed by atoms with Crippen LogP contribution < -0.4 is 0 Å². The lowest BCUT2D eigenvalue weighted by Crippen LogP contribution is -1.81. The normalized spacial score (nSPS) is 8.12. The van der Waals surface area contributed by atoms with E-state index in [2.05, 4.69) is 13.2 Å². The van der Waals surface area contributed by atoms with Gasteiger partial charge in [0.05, 0.1) is 0 Å². The molecule has 0 aliphatic carbocycles. The highest BCUT2D eigenvalue weighted by Crippen LogP contribution is 2.01. The molecular weight excluding hydrogens is 100 g/mol. The minimum atomic E-state index is 0.595. The Hall–Kier alpha value is -0.850. The molecule has 0 saturated heterocycles. The second-order valence-electron chi connectivity index (χ2n) is 1.91. The van der Waals surface area contributed by atoms with Gasteiger partial charge in [-0.05, 0) is 18.9 Å². The van der Waals surface area contributed by atoms with Gasteiger partial charge in [0.2, 0.25) is 0 Å². The zero-order valence-electron chi connectivity index (χ0n) is 5.11. The largest absolute Gasteiger partial charge is 0.298 e. The first-order valence-corrected chi connectivity index (χ1v) is 2.44. The minimum Gasteiger partial charge on any atom is -0.298 e. The van der Waals surface area contributed by atoms with Crippen molar-refractivity contribution in [2.24, 2.45) is 0 Å². The molecule has 0 heterocycles. The van der Waals surface area contributed by atoms with Crippen molar-refractivity contribution in [1.82, 2.24) is 0 Å². The maximum absolute atomic E-state index is 9.90. The van der Waals surface area contributed by atoms with Gasteiger partial charge in [-0.1, -0.05) is 18.7 Å². The number of aldehydes is 1. The molecule has 0 unspecified atom stereocenters. The summed E-state index contributed by atoms with van der Waals surface area (Å²) in [7, 11) is 0. The van der Waals surface area contributed by atoms with Crippen LogP contribution in [0.3, 0.4) is 0 Å². The van der Waals surface area contributed by atoms with Gasteiger partial charge >= 0.3 is 0 Å². The predicted octanol–water partition coefficient (Wildman–Crippen LogP) is 1.71. The first-order valence-electron chi connectivity index (χ1n) is 2.44. The van der Waals surface area contributed by atoms with Crippen LogP contribution in [0, 0.1) is 0 Å². The molecule has 0 fully saturated rings. The molecule has 1 heteroatoms. The van der Waals surface area contributed by atoms with Crippen molar-refractivity contribution in [2.45, 2.75) is 13.3 Å². The fourth-order valence-electron chi connectivity index (χ4n) is 0.429. The van der Waals surface area contributed by atoms with Gasteiger partial charge in [-0.25, -0.2) is 0 Å². The van der Waals surface area contributed by atoms with Crippen molar-refractivity contribution in [1.29, 1.82) is 0 Å². The van der Waals surface area contributed by atoms with Gasteiger partial charge in [0.1, 0.15) is 6.29 Å². The molecule has 44 valence electrons. The third-order valence-corrected chi connectivity index (χ3v) is 0.696. The molecule has 0 bridgehead atoms. The fourth-order valence-corrected chi connectivity index (χ4v) is 0.429. The van der Waals surface area contributed by atoms with E-state index in [0.29, 0.717) is 12.0 Å². The van der Waals surface area contributed by atoms with Crippen LogP contribution in [0.5, 0.6) is 0 Å². The SMILES string of the molecule is C=C(C)CC(=C)C=O. The highest BCUT2D eigenvalue weighted by atomic mass is 16.1. The maximum Gasteiger partial charge on any atom is 0.145 e. The van der Waals surface area contributed by atoms with Crippen LogP contribution in [0.4, 0.5) is 0 Å². The van der Waals surface area contributed by atoms with Gasteiger partial charge in [0, 0.05) is 0 Å². The molecular formula is C7H10O. The van der Waals surface area contributed by atoms with Crippen LogP contribution in [0.15, 0.2) is 24.3 Å². The van der Waals surface area contributed by atoms with Crippen molar-refractivity contribution in [2.75, 3.05) is 0 Å². The standard InChI is InChI=1S/C7H10O/c1-6(2)4-7(3)5-8/h5H,1,3-4H2,2H3. The van der Waals surface area contributed by atoms with Gasteiger partial charge in [-0.15, -0.1) is 0 Å². The molecule has 8 heavy (non-hydrogen) atoms. The third-order valence-electron chi connectivity index (χ3n) is 0.696. The summed E-state index contributed by atoms with van der Waals surface area (Å²) in [6.45, 7) is 8.98. The summed E-state index contributed by atoms with van der Waals surface area (Å²) in [5.74, 6) is 0. The monoisotopic (exact) mass is 110 g/mol. The summed E-state index contributed by atoms with van der Waals surface area (Å²) in [6.07, 6.45) is 1.39. The number of carbonyl (C=O) groups is 1. The fraction of sp³-hybridized carbons (Fsp3) is 0.286. The number of allylic oxidation sites excluding steroid dienone is 2. The van der Waals surface area contributed by atoms with Gasteiger partial charge in [-0.3, -0.25) is 4.79 Å². The first-order chi connectivity index (χ1) is 3.66. The van der Waals surface area contributed by atoms with Crippen LogP contribution in [0.1, 0.15) is 13.3 Å². The van der Waals surface area contributed by atoms with E-state index in [1.54, 1.807) is 0 Å². The summed E-state index contributed by atoms with van der Waals surface area (Å²) < 4.78 is 0. The Morgan fingerprint density at radius 3 is 2.25 bits per heavy atom. The second-order valence-corrected chi connectivity index (χ2v) is 1.91. The number of hydrogen-bond acceptors (Lipinski definition) is 1. The van der Waals surface area contributed by atoms with E-state index in [1.165, 1.54) is 0 Å². The summed E-state index contributed by atoms with van der Waals surface area (Å²) in [5.41, 5.74) is 1.57. The quantitative estimate of drug-likeness (QED) is 0.307. The van der Waals surface area contributed by atoms with Crippen molar-refractivity contribution in [3.05, 3.63) is 24.3 Å². The number of carbonyl (C=O) groups excluding carboxylic acids is 1. The van der Waals surface area contributed by atoms with Crippen molar-refractivity contribution in [3.63, 3.8) is 0 Å². The number of rotatable bonds is 3. The van der Waals surface area contributed by atoms with E-state index in [1.807, 2.05) is 6.92 Å². The van der Waals surface area contributed by atoms with Gasteiger partial charge in [0.15, 0.2) is 0 Å². The highest BCUT2D eigenvalue weighted by Gasteiger charge is 1.88. The lowest BCUT2D eigenvalue weighted by molar-refractivity contribution is -0.104. The molecule has 0 aromatic rings. The Bertz CT molecular complexity index is 122. The molecule has 0 spiro atoms. The Morgan fingerprint density at radius 2 is 2.12 bits per heavy atom. The molecule has 0 aliphatic rings. The molecule has 0 atom stereocenters. The molecule has 0 aromatic carbocycles. The zero-order valence-corrected chi connectivity index (χ0v) is 5.11. The molecule has 0 rings (SSSR count). The van der Waals surface area contributed by atoms with Crippen LogP contribution in [0.2, 0.25) is 0 Å². The minimum absolute atomic E-state index is 0.595. The Kier molecular flexibility index (Phi) is 2.85.